The number of aryl methyl sites for hydroxylation is 1. The summed E-state index contributed by atoms with van der Waals surface area (Å²) in [5.74, 6) is -0.631. The molecule has 7 heteroatoms. The van der Waals surface area contributed by atoms with Crippen LogP contribution in [0, 0.1) is 0 Å². The summed E-state index contributed by atoms with van der Waals surface area (Å²) in [6.45, 7) is 3.42. The van der Waals surface area contributed by atoms with E-state index < -0.39 is 5.76 Å². The zero-order chi connectivity index (χ0) is 20.2. The van der Waals surface area contributed by atoms with Crippen molar-refractivity contribution in [1.29, 1.82) is 0 Å². The Morgan fingerprint density at radius 2 is 1.93 bits per heavy atom. The van der Waals surface area contributed by atoms with Crippen LogP contribution < -0.4 is 11.1 Å². The number of carbonyl (C=O) groups is 1. The molecule has 0 aliphatic carbocycles. The number of halogens is 1. The van der Waals surface area contributed by atoms with E-state index in [1.54, 1.807) is 18.2 Å². The van der Waals surface area contributed by atoms with Crippen LogP contribution in [-0.4, -0.2) is 28.5 Å². The Labute approximate surface area is 174 Å². The first-order valence-corrected chi connectivity index (χ1v) is 10.4. The van der Waals surface area contributed by atoms with Crippen molar-refractivity contribution in [3.8, 4) is 0 Å². The lowest BCUT2D eigenvalue weighted by Crippen LogP contribution is -2.29. The van der Waals surface area contributed by atoms with Crippen molar-refractivity contribution in [3.05, 3.63) is 63.6 Å². The van der Waals surface area contributed by atoms with Crippen molar-refractivity contribution in [3.63, 3.8) is 0 Å². The average Bonchev–Trinajstić information content (AvgIpc) is 3.01. The third-order valence-electron chi connectivity index (χ3n) is 5.26. The predicted octanol–water partition coefficient (Wildman–Crippen LogP) is 4.26. The summed E-state index contributed by atoms with van der Waals surface area (Å²) < 4.78 is 6.66. The first-order chi connectivity index (χ1) is 14.1. The molecule has 1 aliphatic rings. The predicted molar refractivity (Wildman–Crippen MR) is 114 cm³/mol. The highest BCUT2D eigenvalue weighted by molar-refractivity contribution is 6.31. The van der Waals surface area contributed by atoms with Gasteiger partial charge in [-0.1, -0.05) is 30.2 Å². The van der Waals surface area contributed by atoms with Crippen molar-refractivity contribution >= 4 is 34.3 Å². The second kappa shape index (κ2) is 8.84. The van der Waals surface area contributed by atoms with E-state index in [4.69, 9.17) is 16.0 Å². The van der Waals surface area contributed by atoms with Gasteiger partial charge in [-0.05, 0) is 55.8 Å². The maximum absolute atomic E-state index is 12.4. The molecule has 1 N–H and O–H groups in total. The minimum Gasteiger partial charge on any atom is -0.408 e. The van der Waals surface area contributed by atoms with E-state index in [0.29, 0.717) is 16.1 Å². The van der Waals surface area contributed by atoms with Gasteiger partial charge in [-0.3, -0.25) is 14.3 Å². The molecule has 4 rings (SSSR count). The molecule has 3 aromatic rings. The summed E-state index contributed by atoms with van der Waals surface area (Å²) in [5.41, 5.74) is 3.03. The zero-order valence-corrected chi connectivity index (χ0v) is 17.0. The number of rotatable bonds is 6. The number of likely N-dealkylation sites (tertiary alicyclic amines) is 1. The molecule has 2 aromatic carbocycles. The Morgan fingerprint density at radius 3 is 2.76 bits per heavy atom. The van der Waals surface area contributed by atoms with Crippen LogP contribution in [0.3, 0.4) is 0 Å². The molecule has 152 valence electrons. The monoisotopic (exact) mass is 413 g/mol. The lowest BCUT2D eigenvalue weighted by Gasteiger charge is -2.26. The molecule has 0 radical (unpaired) electrons. The molecule has 1 aromatic heterocycles. The third kappa shape index (κ3) is 4.89. The number of nitrogens with zero attached hydrogens (tertiary/aromatic N) is 2. The van der Waals surface area contributed by atoms with Crippen LogP contribution in [0.25, 0.3) is 11.1 Å². The number of oxazole rings is 1. The second-order valence-corrected chi connectivity index (χ2v) is 7.90. The van der Waals surface area contributed by atoms with E-state index in [1.165, 1.54) is 29.4 Å². The Kier molecular flexibility index (Phi) is 6.02. The molecule has 1 amide bonds. The van der Waals surface area contributed by atoms with Gasteiger partial charge in [0.2, 0.25) is 5.91 Å². The Bertz CT molecular complexity index is 1070. The van der Waals surface area contributed by atoms with Gasteiger partial charge in [0.1, 0.15) is 0 Å². The molecular formula is C22H24ClN3O3. The molecule has 1 saturated heterocycles. The first kappa shape index (κ1) is 19.7. The molecule has 1 fully saturated rings. The van der Waals surface area contributed by atoms with E-state index >= 15 is 0 Å². The lowest BCUT2D eigenvalue weighted by atomic mass is 10.1. The van der Waals surface area contributed by atoms with Gasteiger partial charge in [0, 0.05) is 36.3 Å². The summed E-state index contributed by atoms with van der Waals surface area (Å²) in [6, 6.07) is 13.0. The van der Waals surface area contributed by atoms with Crippen molar-refractivity contribution < 1.29 is 9.21 Å². The summed E-state index contributed by atoms with van der Waals surface area (Å²) in [7, 11) is 0. The van der Waals surface area contributed by atoms with E-state index in [9.17, 15) is 9.59 Å². The largest absolute Gasteiger partial charge is 0.419 e. The van der Waals surface area contributed by atoms with Crippen molar-refractivity contribution in [2.45, 2.75) is 38.8 Å². The van der Waals surface area contributed by atoms with Crippen molar-refractivity contribution in [2.75, 3.05) is 18.4 Å². The normalized spacial score (nSPS) is 14.9. The smallest absolute Gasteiger partial charge is 0.408 e. The standard InChI is InChI=1S/C22H24ClN3O3/c23-17-7-8-19-20(14-17)29-22(28)26(19)12-9-21(27)24-18-6-4-5-16(13-18)15-25-10-2-1-3-11-25/h4-8,13-14H,1-3,9-12,15H2,(H,24,27). The summed E-state index contributed by atoms with van der Waals surface area (Å²) in [6.07, 6.45) is 4.00. The number of amides is 1. The van der Waals surface area contributed by atoms with E-state index in [0.717, 1.165) is 25.3 Å². The zero-order valence-electron chi connectivity index (χ0n) is 16.2. The van der Waals surface area contributed by atoms with Crippen LogP contribution in [0.15, 0.2) is 51.7 Å². The third-order valence-corrected chi connectivity index (χ3v) is 5.49. The fraction of sp³-hybridized carbons (Fsp3) is 0.364. The molecule has 0 bridgehead atoms. The number of aromatic nitrogens is 1. The Balaban J connectivity index is 1.37. The second-order valence-electron chi connectivity index (χ2n) is 7.47. The molecule has 6 nitrogen and oxygen atoms in total. The van der Waals surface area contributed by atoms with Crippen LogP contribution in [-0.2, 0) is 17.9 Å². The number of fused-ring (bicyclic) bond motifs is 1. The average molecular weight is 414 g/mol. The molecule has 0 saturated carbocycles. The van der Waals surface area contributed by atoms with Gasteiger partial charge >= 0.3 is 5.76 Å². The summed E-state index contributed by atoms with van der Waals surface area (Å²) in [4.78, 5) is 26.9. The number of nitrogens with one attached hydrogen (secondary N) is 1. The molecule has 0 spiro atoms. The molecule has 29 heavy (non-hydrogen) atoms. The summed E-state index contributed by atoms with van der Waals surface area (Å²) >= 11 is 5.93. The fourth-order valence-corrected chi connectivity index (χ4v) is 3.97. The number of piperidine rings is 1. The number of carbonyl (C=O) groups excluding carboxylic acids is 1. The minimum atomic E-state index is -0.487. The van der Waals surface area contributed by atoms with E-state index in [-0.39, 0.29) is 18.9 Å². The van der Waals surface area contributed by atoms with Gasteiger partial charge in [0.25, 0.3) is 0 Å². The summed E-state index contributed by atoms with van der Waals surface area (Å²) in [5, 5.41) is 3.43. The number of anilines is 1. The van der Waals surface area contributed by atoms with Gasteiger partial charge in [-0.25, -0.2) is 4.79 Å². The molecule has 2 heterocycles. The van der Waals surface area contributed by atoms with Crippen LogP contribution in [0.1, 0.15) is 31.2 Å². The number of hydrogen-bond acceptors (Lipinski definition) is 4. The number of benzene rings is 2. The first-order valence-electron chi connectivity index (χ1n) is 9.98. The van der Waals surface area contributed by atoms with Gasteiger partial charge in [0.15, 0.2) is 5.58 Å². The molecular weight excluding hydrogens is 390 g/mol. The quantitative estimate of drug-likeness (QED) is 0.655. The van der Waals surface area contributed by atoms with Crippen LogP contribution in [0.4, 0.5) is 5.69 Å². The maximum atomic E-state index is 12.4. The SMILES string of the molecule is O=C(CCn1c(=O)oc2cc(Cl)ccc21)Nc1cccc(CN2CCCCC2)c1. The van der Waals surface area contributed by atoms with Crippen molar-refractivity contribution in [1.82, 2.24) is 9.47 Å². The Hall–Kier alpha value is -2.57. The molecule has 0 unspecified atom stereocenters. The van der Waals surface area contributed by atoms with Crippen LogP contribution in [0.5, 0.6) is 0 Å². The van der Waals surface area contributed by atoms with Gasteiger partial charge in [0.05, 0.1) is 5.52 Å². The Morgan fingerprint density at radius 1 is 1.10 bits per heavy atom. The highest BCUT2D eigenvalue weighted by atomic mass is 35.5. The maximum Gasteiger partial charge on any atom is 0.419 e. The molecule has 1 aliphatic heterocycles. The van der Waals surface area contributed by atoms with Crippen LogP contribution in [0.2, 0.25) is 5.02 Å². The van der Waals surface area contributed by atoms with Crippen molar-refractivity contribution in [2.24, 2.45) is 0 Å². The number of hydrogen-bond donors (Lipinski definition) is 1. The van der Waals surface area contributed by atoms with Gasteiger partial charge in [-0.15, -0.1) is 0 Å². The molecule has 0 atom stereocenters. The van der Waals surface area contributed by atoms with Crippen LogP contribution >= 0.6 is 11.6 Å². The van der Waals surface area contributed by atoms with E-state index in [2.05, 4.69) is 16.3 Å². The topological polar surface area (TPSA) is 67.5 Å². The lowest BCUT2D eigenvalue weighted by molar-refractivity contribution is -0.116. The fourth-order valence-electron chi connectivity index (χ4n) is 3.81. The highest BCUT2D eigenvalue weighted by Gasteiger charge is 2.13. The van der Waals surface area contributed by atoms with Gasteiger partial charge in [-0.2, -0.15) is 0 Å². The highest BCUT2D eigenvalue weighted by Crippen LogP contribution is 2.19. The van der Waals surface area contributed by atoms with E-state index in [1.807, 2.05) is 18.2 Å². The minimum absolute atomic E-state index is 0.143. The van der Waals surface area contributed by atoms with Gasteiger partial charge < -0.3 is 9.73 Å².